The standard InChI is InChI=1S/C18H17N3O3S2/c1-12(25-17-10-9-13-5-2-3-8-16(13)21-17)18(22)20-14-6-4-7-15(11-14)26(19,23)24/h2-12H,1H3,(H,20,22)(H2,19,23,24). The smallest absolute Gasteiger partial charge is 0.238 e. The van der Waals surface area contributed by atoms with Crippen LogP contribution in [0.1, 0.15) is 6.92 Å². The molecular weight excluding hydrogens is 370 g/mol. The number of nitrogens with two attached hydrogens (primary N) is 1. The fourth-order valence-electron chi connectivity index (χ4n) is 2.34. The van der Waals surface area contributed by atoms with Crippen molar-refractivity contribution in [3.05, 3.63) is 60.7 Å². The van der Waals surface area contributed by atoms with Gasteiger partial charge in [-0.25, -0.2) is 18.5 Å². The molecule has 1 unspecified atom stereocenters. The number of carbonyl (C=O) groups excluding carboxylic acids is 1. The molecule has 134 valence electrons. The monoisotopic (exact) mass is 387 g/mol. The maximum absolute atomic E-state index is 12.4. The Morgan fingerprint density at radius 1 is 1.12 bits per heavy atom. The summed E-state index contributed by atoms with van der Waals surface area (Å²) in [6, 6.07) is 17.4. The van der Waals surface area contributed by atoms with E-state index < -0.39 is 15.3 Å². The summed E-state index contributed by atoms with van der Waals surface area (Å²) < 4.78 is 22.8. The third-order valence-corrected chi connectivity index (χ3v) is 5.62. The van der Waals surface area contributed by atoms with Crippen molar-refractivity contribution in [1.82, 2.24) is 4.98 Å². The molecule has 1 amide bonds. The van der Waals surface area contributed by atoms with Crippen LogP contribution >= 0.6 is 11.8 Å². The van der Waals surface area contributed by atoms with E-state index in [9.17, 15) is 13.2 Å². The van der Waals surface area contributed by atoms with Crippen LogP contribution in [0.15, 0.2) is 70.6 Å². The predicted molar refractivity (Wildman–Crippen MR) is 104 cm³/mol. The molecule has 1 aromatic heterocycles. The molecule has 3 N–H and O–H groups in total. The highest BCUT2D eigenvalue weighted by atomic mass is 32.2. The first-order valence-electron chi connectivity index (χ1n) is 7.79. The van der Waals surface area contributed by atoms with Gasteiger partial charge in [0.2, 0.25) is 15.9 Å². The normalized spacial score (nSPS) is 12.7. The molecule has 3 rings (SSSR count). The lowest BCUT2D eigenvalue weighted by Gasteiger charge is -2.12. The van der Waals surface area contributed by atoms with E-state index in [4.69, 9.17) is 5.14 Å². The molecule has 0 aliphatic carbocycles. The van der Waals surface area contributed by atoms with Crippen LogP contribution < -0.4 is 10.5 Å². The third kappa shape index (κ3) is 4.40. The van der Waals surface area contributed by atoms with E-state index in [1.165, 1.54) is 30.0 Å². The van der Waals surface area contributed by atoms with Gasteiger partial charge in [-0.05, 0) is 37.3 Å². The first kappa shape index (κ1) is 18.4. The minimum atomic E-state index is -3.82. The number of primary sulfonamides is 1. The quantitative estimate of drug-likeness (QED) is 0.655. The van der Waals surface area contributed by atoms with Gasteiger partial charge >= 0.3 is 0 Å². The summed E-state index contributed by atoms with van der Waals surface area (Å²) in [7, 11) is -3.82. The molecule has 0 spiro atoms. The van der Waals surface area contributed by atoms with Crippen LogP contribution in [0.2, 0.25) is 0 Å². The Morgan fingerprint density at radius 3 is 2.65 bits per heavy atom. The van der Waals surface area contributed by atoms with E-state index in [1.54, 1.807) is 13.0 Å². The maximum Gasteiger partial charge on any atom is 0.238 e. The fourth-order valence-corrected chi connectivity index (χ4v) is 3.73. The molecule has 0 aliphatic rings. The largest absolute Gasteiger partial charge is 0.325 e. The summed E-state index contributed by atoms with van der Waals surface area (Å²) in [5.74, 6) is -0.253. The maximum atomic E-state index is 12.4. The van der Waals surface area contributed by atoms with Crippen LogP contribution in [0, 0.1) is 0 Å². The Labute approximate surface area is 155 Å². The third-order valence-electron chi connectivity index (χ3n) is 3.67. The molecule has 6 nitrogen and oxygen atoms in total. The summed E-state index contributed by atoms with van der Waals surface area (Å²) in [5.41, 5.74) is 1.24. The lowest BCUT2D eigenvalue weighted by Crippen LogP contribution is -2.22. The number of carbonyl (C=O) groups is 1. The molecule has 2 aromatic carbocycles. The van der Waals surface area contributed by atoms with Crippen molar-refractivity contribution in [2.24, 2.45) is 5.14 Å². The van der Waals surface area contributed by atoms with E-state index in [0.717, 1.165) is 15.9 Å². The number of anilines is 1. The number of nitrogens with one attached hydrogen (secondary N) is 1. The van der Waals surface area contributed by atoms with Crippen molar-refractivity contribution in [2.75, 3.05) is 5.32 Å². The van der Waals surface area contributed by atoms with E-state index in [2.05, 4.69) is 10.3 Å². The Morgan fingerprint density at radius 2 is 1.88 bits per heavy atom. The highest BCUT2D eigenvalue weighted by molar-refractivity contribution is 8.00. The van der Waals surface area contributed by atoms with Gasteiger partial charge in [0.1, 0.15) is 0 Å². The summed E-state index contributed by atoms with van der Waals surface area (Å²) in [5, 5.41) is 9.18. The summed E-state index contributed by atoms with van der Waals surface area (Å²) in [6.07, 6.45) is 0. The lowest BCUT2D eigenvalue weighted by atomic mass is 10.2. The molecule has 0 saturated heterocycles. The lowest BCUT2D eigenvalue weighted by molar-refractivity contribution is -0.115. The van der Waals surface area contributed by atoms with Gasteiger partial charge < -0.3 is 5.32 Å². The Hall–Kier alpha value is -2.42. The van der Waals surface area contributed by atoms with E-state index >= 15 is 0 Å². The van der Waals surface area contributed by atoms with Gasteiger partial charge in [0.15, 0.2) is 0 Å². The zero-order chi connectivity index (χ0) is 18.7. The average Bonchev–Trinajstić information content (AvgIpc) is 2.61. The molecule has 26 heavy (non-hydrogen) atoms. The zero-order valence-electron chi connectivity index (χ0n) is 13.9. The van der Waals surface area contributed by atoms with Gasteiger partial charge in [0, 0.05) is 11.1 Å². The van der Waals surface area contributed by atoms with Gasteiger partial charge in [-0.15, -0.1) is 0 Å². The van der Waals surface area contributed by atoms with Gasteiger partial charge in [0.05, 0.1) is 20.7 Å². The number of nitrogens with zero attached hydrogens (tertiary/aromatic N) is 1. The first-order chi connectivity index (χ1) is 12.3. The first-order valence-corrected chi connectivity index (χ1v) is 10.2. The van der Waals surface area contributed by atoms with Gasteiger partial charge in [-0.2, -0.15) is 0 Å². The number of hydrogen-bond donors (Lipinski definition) is 2. The minimum absolute atomic E-state index is 0.0493. The molecule has 0 radical (unpaired) electrons. The molecule has 0 saturated carbocycles. The van der Waals surface area contributed by atoms with Gasteiger partial charge in [-0.1, -0.05) is 42.1 Å². The van der Waals surface area contributed by atoms with Crippen LogP contribution in [0.4, 0.5) is 5.69 Å². The second-order valence-corrected chi connectivity index (χ2v) is 8.59. The summed E-state index contributed by atoms with van der Waals surface area (Å²) in [6.45, 7) is 1.76. The zero-order valence-corrected chi connectivity index (χ0v) is 15.5. The topological polar surface area (TPSA) is 102 Å². The second kappa shape index (κ2) is 7.45. The summed E-state index contributed by atoms with van der Waals surface area (Å²) >= 11 is 1.33. The molecule has 0 bridgehead atoms. The highest BCUT2D eigenvalue weighted by Crippen LogP contribution is 2.25. The van der Waals surface area contributed by atoms with Crippen LogP contribution in [0.25, 0.3) is 10.9 Å². The van der Waals surface area contributed by atoms with Crippen LogP contribution in [0.3, 0.4) is 0 Å². The molecule has 1 atom stereocenters. The van der Waals surface area contributed by atoms with Crippen molar-refractivity contribution in [2.45, 2.75) is 22.1 Å². The Balaban J connectivity index is 1.71. The number of hydrogen-bond acceptors (Lipinski definition) is 5. The van der Waals surface area contributed by atoms with Gasteiger partial charge in [-0.3, -0.25) is 4.79 Å². The number of benzene rings is 2. The van der Waals surface area contributed by atoms with Crippen molar-refractivity contribution in [1.29, 1.82) is 0 Å². The summed E-state index contributed by atoms with van der Waals surface area (Å²) in [4.78, 5) is 16.9. The van der Waals surface area contributed by atoms with Crippen molar-refractivity contribution in [3.63, 3.8) is 0 Å². The Kier molecular flexibility index (Phi) is 5.26. The van der Waals surface area contributed by atoms with E-state index in [1.807, 2.05) is 36.4 Å². The number of rotatable bonds is 5. The number of fused-ring (bicyclic) bond motifs is 1. The average molecular weight is 387 g/mol. The van der Waals surface area contributed by atoms with Crippen molar-refractivity contribution < 1.29 is 13.2 Å². The van der Waals surface area contributed by atoms with Gasteiger partial charge in [0.25, 0.3) is 0 Å². The molecule has 3 aromatic rings. The molecule has 8 heteroatoms. The van der Waals surface area contributed by atoms with Crippen LogP contribution in [-0.2, 0) is 14.8 Å². The number of pyridine rings is 1. The van der Waals surface area contributed by atoms with Crippen LogP contribution in [0.5, 0.6) is 0 Å². The molecule has 0 fully saturated rings. The fraction of sp³-hybridized carbons (Fsp3) is 0.111. The van der Waals surface area contributed by atoms with Crippen molar-refractivity contribution in [3.8, 4) is 0 Å². The molecule has 1 heterocycles. The number of thioether (sulfide) groups is 1. The minimum Gasteiger partial charge on any atom is -0.325 e. The Bertz CT molecular complexity index is 1070. The van der Waals surface area contributed by atoms with Crippen molar-refractivity contribution >= 4 is 44.3 Å². The second-order valence-electron chi connectivity index (χ2n) is 5.66. The van der Waals surface area contributed by atoms with E-state index in [0.29, 0.717) is 5.69 Å². The highest BCUT2D eigenvalue weighted by Gasteiger charge is 2.16. The predicted octanol–water partition coefficient (Wildman–Crippen LogP) is 3.00. The number of para-hydroxylation sites is 1. The number of sulfonamides is 1. The van der Waals surface area contributed by atoms with E-state index in [-0.39, 0.29) is 10.8 Å². The molecule has 0 aliphatic heterocycles. The number of amides is 1. The molecular formula is C18H17N3O3S2. The number of aromatic nitrogens is 1. The SMILES string of the molecule is CC(Sc1ccc2ccccc2n1)C(=O)Nc1cccc(S(N)(=O)=O)c1. The van der Waals surface area contributed by atoms with Crippen LogP contribution in [-0.4, -0.2) is 24.6 Å².